The summed E-state index contributed by atoms with van der Waals surface area (Å²) >= 11 is -2.17. The van der Waals surface area contributed by atoms with Crippen LogP contribution in [0.4, 0.5) is 0 Å². The Hall–Kier alpha value is -1.20. The van der Waals surface area contributed by atoms with Crippen LogP contribution in [0.15, 0.2) is 29.2 Å². The first kappa shape index (κ1) is 14.9. The van der Waals surface area contributed by atoms with Crippen molar-refractivity contribution < 1.29 is 18.7 Å². The molecule has 0 amide bonds. The monoisotopic (exact) mass is 269 g/mol. The Morgan fingerprint density at radius 2 is 1.94 bits per heavy atom. The first-order chi connectivity index (χ1) is 8.59. The van der Waals surface area contributed by atoms with Crippen molar-refractivity contribution in [3.63, 3.8) is 0 Å². The molecule has 4 nitrogen and oxygen atoms in total. The van der Waals surface area contributed by atoms with E-state index >= 15 is 0 Å². The summed E-state index contributed by atoms with van der Waals surface area (Å²) in [6.45, 7) is 0. The third kappa shape index (κ3) is 5.93. The molecule has 100 valence electrons. The summed E-state index contributed by atoms with van der Waals surface area (Å²) in [4.78, 5) is 10.6. The normalized spacial score (nSPS) is 12.3. The topological polar surface area (TPSA) is 77.4 Å². The third-order valence-electron chi connectivity index (χ3n) is 2.70. The van der Waals surface area contributed by atoms with Crippen LogP contribution >= 0.6 is 0 Å². The molecule has 1 N–H and O–H groups in total. The largest absolute Gasteiger partial charge is 0.768 e. The molecule has 0 aliphatic carbocycles. The lowest BCUT2D eigenvalue weighted by Crippen LogP contribution is -1.94. The van der Waals surface area contributed by atoms with Crippen molar-refractivity contribution in [2.45, 2.75) is 43.4 Å². The number of benzene rings is 1. The van der Waals surface area contributed by atoms with Crippen LogP contribution in [-0.2, 0) is 22.3 Å². The fourth-order valence-electron chi connectivity index (χ4n) is 1.76. The Kier molecular flexibility index (Phi) is 6.60. The molecule has 0 aromatic heterocycles. The van der Waals surface area contributed by atoms with E-state index in [9.17, 15) is 13.6 Å². The van der Waals surface area contributed by atoms with Crippen LogP contribution in [-0.4, -0.2) is 19.8 Å². The quantitative estimate of drug-likeness (QED) is 0.581. The average molecular weight is 269 g/mol. The smallest absolute Gasteiger partial charge is 0.303 e. The number of hydrogen-bond donors (Lipinski definition) is 1. The Balaban J connectivity index is 2.25. The van der Waals surface area contributed by atoms with Gasteiger partial charge >= 0.3 is 5.97 Å². The molecule has 18 heavy (non-hydrogen) atoms. The highest BCUT2D eigenvalue weighted by Gasteiger charge is 1.99. The van der Waals surface area contributed by atoms with E-state index in [4.69, 9.17) is 5.11 Å². The molecular formula is C13H17O4S-. The molecule has 0 fully saturated rings. The fraction of sp³-hybridized carbons (Fsp3) is 0.462. The standard InChI is InChI=1S/C13H18O4S/c14-13(15)9-4-2-1-3-6-11-7-5-8-12(10-11)18(16)17/h5,7-8,10H,1-4,6,9H2,(H,14,15)(H,16,17)/p-1. The van der Waals surface area contributed by atoms with Crippen LogP contribution < -0.4 is 0 Å². The maximum atomic E-state index is 10.8. The summed E-state index contributed by atoms with van der Waals surface area (Å²) in [7, 11) is 0. The number of aliphatic carboxylic acids is 1. The van der Waals surface area contributed by atoms with Crippen LogP contribution in [0.5, 0.6) is 0 Å². The van der Waals surface area contributed by atoms with E-state index in [-0.39, 0.29) is 6.42 Å². The van der Waals surface area contributed by atoms with Gasteiger partial charge in [-0.3, -0.25) is 9.00 Å². The van der Waals surface area contributed by atoms with Crippen LogP contribution in [0.3, 0.4) is 0 Å². The predicted molar refractivity (Wildman–Crippen MR) is 68.1 cm³/mol. The van der Waals surface area contributed by atoms with Gasteiger partial charge in [-0.15, -0.1) is 0 Å². The summed E-state index contributed by atoms with van der Waals surface area (Å²) in [5.41, 5.74) is 1.01. The zero-order valence-electron chi connectivity index (χ0n) is 10.1. The highest BCUT2D eigenvalue weighted by molar-refractivity contribution is 7.79. The van der Waals surface area contributed by atoms with Gasteiger partial charge < -0.3 is 9.66 Å². The average Bonchev–Trinajstić information content (AvgIpc) is 2.33. The number of carboxylic acid groups (broad SMARTS) is 1. The number of carbonyl (C=O) groups is 1. The van der Waals surface area contributed by atoms with E-state index in [0.717, 1.165) is 31.2 Å². The predicted octanol–water partition coefficient (Wildman–Crippen LogP) is 2.50. The fourth-order valence-corrected chi connectivity index (χ4v) is 2.20. The van der Waals surface area contributed by atoms with Gasteiger partial charge in [0.2, 0.25) is 0 Å². The SMILES string of the molecule is O=C(O)CCCCCCc1cccc(S(=O)[O-])c1. The highest BCUT2D eigenvalue weighted by atomic mass is 32.2. The van der Waals surface area contributed by atoms with Crippen molar-refractivity contribution in [2.24, 2.45) is 0 Å². The maximum Gasteiger partial charge on any atom is 0.303 e. The molecule has 0 heterocycles. The Labute approximate surface area is 109 Å². The van der Waals surface area contributed by atoms with Crippen LogP contribution in [0.1, 0.15) is 37.7 Å². The van der Waals surface area contributed by atoms with Crippen LogP contribution in [0.2, 0.25) is 0 Å². The van der Waals surface area contributed by atoms with E-state index < -0.39 is 17.0 Å². The summed E-state index contributed by atoms with van der Waals surface area (Å²) in [5, 5.41) is 8.47. The van der Waals surface area contributed by atoms with E-state index in [0.29, 0.717) is 11.3 Å². The van der Waals surface area contributed by atoms with Gasteiger partial charge in [0.25, 0.3) is 0 Å². The number of carboxylic acids is 1. The molecular weight excluding hydrogens is 252 g/mol. The van der Waals surface area contributed by atoms with Crippen molar-refractivity contribution in [3.05, 3.63) is 29.8 Å². The Morgan fingerprint density at radius 1 is 1.22 bits per heavy atom. The zero-order valence-corrected chi connectivity index (χ0v) is 10.9. The lowest BCUT2D eigenvalue weighted by atomic mass is 10.1. The molecule has 0 saturated carbocycles. The number of aryl methyl sites for hydroxylation is 1. The van der Waals surface area contributed by atoms with Crippen molar-refractivity contribution in [3.8, 4) is 0 Å². The second-order valence-corrected chi connectivity index (χ2v) is 5.13. The van der Waals surface area contributed by atoms with Crippen LogP contribution in [0, 0.1) is 0 Å². The second kappa shape index (κ2) is 8.00. The van der Waals surface area contributed by atoms with Crippen molar-refractivity contribution >= 4 is 17.0 Å². The van der Waals surface area contributed by atoms with Gasteiger partial charge in [-0.05, 0) is 48.0 Å². The molecule has 1 atom stereocenters. The Bertz CT molecular complexity index is 417. The van der Waals surface area contributed by atoms with E-state index in [1.807, 2.05) is 6.07 Å². The first-order valence-corrected chi connectivity index (χ1v) is 7.07. The summed E-state index contributed by atoms with van der Waals surface area (Å²) in [6, 6.07) is 6.90. The number of hydrogen-bond acceptors (Lipinski definition) is 3. The van der Waals surface area contributed by atoms with E-state index in [2.05, 4.69) is 0 Å². The molecule has 5 heteroatoms. The molecule has 1 rings (SSSR count). The molecule has 0 aliphatic rings. The highest BCUT2D eigenvalue weighted by Crippen LogP contribution is 2.12. The zero-order chi connectivity index (χ0) is 13.4. The van der Waals surface area contributed by atoms with Gasteiger partial charge in [-0.25, -0.2) is 0 Å². The van der Waals surface area contributed by atoms with Crippen molar-refractivity contribution in [1.82, 2.24) is 0 Å². The van der Waals surface area contributed by atoms with Gasteiger partial charge in [0.15, 0.2) is 0 Å². The van der Waals surface area contributed by atoms with Crippen molar-refractivity contribution in [2.75, 3.05) is 0 Å². The molecule has 0 spiro atoms. The maximum absolute atomic E-state index is 10.8. The first-order valence-electron chi connectivity index (χ1n) is 5.99. The molecule has 1 aromatic carbocycles. The molecule has 0 aliphatic heterocycles. The van der Waals surface area contributed by atoms with Gasteiger partial charge in [-0.1, -0.05) is 25.0 Å². The molecule has 0 radical (unpaired) electrons. The van der Waals surface area contributed by atoms with Crippen molar-refractivity contribution in [1.29, 1.82) is 0 Å². The number of rotatable bonds is 8. The van der Waals surface area contributed by atoms with Gasteiger partial charge in [0, 0.05) is 11.3 Å². The second-order valence-electron chi connectivity index (χ2n) is 4.19. The summed E-state index contributed by atoms with van der Waals surface area (Å²) < 4.78 is 21.6. The molecule has 1 unspecified atom stereocenters. The van der Waals surface area contributed by atoms with Crippen LogP contribution in [0.25, 0.3) is 0 Å². The van der Waals surface area contributed by atoms with Gasteiger partial charge in [0.05, 0.1) is 0 Å². The minimum atomic E-state index is -2.17. The third-order valence-corrected chi connectivity index (χ3v) is 3.34. The minimum Gasteiger partial charge on any atom is -0.768 e. The molecule has 0 bridgehead atoms. The lowest BCUT2D eigenvalue weighted by molar-refractivity contribution is -0.137. The minimum absolute atomic E-state index is 0.227. The van der Waals surface area contributed by atoms with Gasteiger partial charge in [0.1, 0.15) is 0 Å². The summed E-state index contributed by atoms with van der Waals surface area (Å²) in [5.74, 6) is -0.749. The van der Waals surface area contributed by atoms with E-state index in [1.165, 1.54) is 0 Å². The molecule has 1 aromatic rings. The Morgan fingerprint density at radius 3 is 2.61 bits per heavy atom. The van der Waals surface area contributed by atoms with Gasteiger partial charge in [-0.2, -0.15) is 0 Å². The summed E-state index contributed by atoms with van der Waals surface area (Å²) in [6.07, 6.45) is 4.59. The number of unbranched alkanes of at least 4 members (excludes halogenated alkanes) is 3. The molecule has 0 saturated heterocycles. The van der Waals surface area contributed by atoms with E-state index in [1.54, 1.807) is 18.2 Å². The lowest BCUT2D eigenvalue weighted by Gasteiger charge is -2.07.